The first-order chi connectivity index (χ1) is 14.4. The summed E-state index contributed by atoms with van der Waals surface area (Å²) in [5.41, 5.74) is 4.26. The van der Waals surface area contributed by atoms with E-state index in [1.54, 1.807) is 0 Å². The van der Waals surface area contributed by atoms with E-state index in [2.05, 4.69) is 40.3 Å². The zero-order valence-corrected chi connectivity index (χ0v) is 18.6. The minimum absolute atomic E-state index is 0.149. The summed E-state index contributed by atoms with van der Waals surface area (Å²) in [5.74, 6) is 0.838. The number of piperazine rings is 1. The smallest absolute Gasteiger partial charge is 0.319 e. The van der Waals surface area contributed by atoms with Gasteiger partial charge < -0.3 is 25.2 Å². The molecule has 1 aliphatic heterocycles. The monoisotopic (exact) mass is 410 g/mol. The number of carbonyl (C=O) groups excluding carboxylic acids is 1. The largest absolute Gasteiger partial charge is 0.491 e. The second-order valence-corrected chi connectivity index (χ2v) is 8.04. The number of anilines is 2. The highest BCUT2D eigenvalue weighted by Crippen LogP contribution is 2.24. The first kappa shape index (κ1) is 22.0. The number of nitrogens with one attached hydrogen (secondary N) is 2. The van der Waals surface area contributed by atoms with Crippen LogP contribution >= 0.6 is 0 Å². The van der Waals surface area contributed by atoms with Crippen molar-refractivity contribution in [3.05, 3.63) is 53.6 Å². The molecule has 0 radical (unpaired) electrons. The maximum atomic E-state index is 12.3. The summed E-state index contributed by atoms with van der Waals surface area (Å²) in [7, 11) is 0. The zero-order valence-electron chi connectivity index (χ0n) is 18.6. The molecule has 1 aliphatic rings. The predicted octanol–water partition coefficient (Wildman–Crippen LogP) is 4.25. The molecule has 0 atom stereocenters. The summed E-state index contributed by atoms with van der Waals surface area (Å²) < 4.78 is 5.64. The van der Waals surface area contributed by atoms with Gasteiger partial charge in [-0.15, -0.1) is 0 Å². The molecule has 2 N–H and O–H groups in total. The maximum absolute atomic E-state index is 12.3. The summed E-state index contributed by atoms with van der Waals surface area (Å²) in [6.45, 7) is 14.2. The standard InChI is InChI=1S/C24H34N4O2/c1-5-27-12-14-28(15-13-27)23-11-8-21(16-19(23)4)26-24(29)25-17-20-6-9-22(10-7-20)30-18(2)3/h6-11,16,18H,5,12-15,17H2,1-4H3,(H2,25,26,29). The minimum atomic E-state index is -0.207. The number of likely N-dealkylation sites (N-methyl/N-ethyl adjacent to an activating group) is 1. The molecule has 2 aromatic carbocycles. The normalized spacial score (nSPS) is 14.6. The van der Waals surface area contributed by atoms with Crippen LogP contribution < -0.4 is 20.3 Å². The molecule has 6 heteroatoms. The fourth-order valence-electron chi connectivity index (χ4n) is 3.71. The van der Waals surface area contributed by atoms with Crippen molar-refractivity contribution in [3.63, 3.8) is 0 Å². The third-order valence-corrected chi connectivity index (χ3v) is 5.36. The third kappa shape index (κ3) is 6.13. The van der Waals surface area contributed by atoms with E-state index in [1.165, 1.54) is 11.3 Å². The molecule has 0 spiro atoms. The predicted molar refractivity (Wildman–Crippen MR) is 124 cm³/mol. The molecule has 1 heterocycles. The zero-order chi connectivity index (χ0) is 21.5. The Balaban J connectivity index is 1.50. The summed E-state index contributed by atoms with van der Waals surface area (Å²) in [6, 6.07) is 13.7. The number of carbonyl (C=O) groups is 1. The van der Waals surface area contributed by atoms with Crippen LogP contribution in [0.3, 0.4) is 0 Å². The van der Waals surface area contributed by atoms with Crippen molar-refractivity contribution in [3.8, 4) is 5.75 Å². The Morgan fingerprint density at radius 3 is 2.37 bits per heavy atom. The molecule has 162 valence electrons. The highest BCUT2D eigenvalue weighted by Gasteiger charge is 2.17. The van der Waals surface area contributed by atoms with Gasteiger partial charge in [-0.3, -0.25) is 0 Å². The molecule has 0 saturated carbocycles. The Morgan fingerprint density at radius 2 is 1.77 bits per heavy atom. The fourth-order valence-corrected chi connectivity index (χ4v) is 3.71. The second-order valence-electron chi connectivity index (χ2n) is 8.04. The van der Waals surface area contributed by atoms with Crippen LogP contribution in [-0.2, 0) is 6.54 Å². The molecule has 3 rings (SSSR count). The van der Waals surface area contributed by atoms with Gasteiger partial charge in [-0.2, -0.15) is 0 Å². The summed E-state index contributed by atoms with van der Waals surface area (Å²) >= 11 is 0. The van der Waals surface area contributed by atoms with Crippen LogP contribution in [0.5, 0.6) is 5.75 Å². The average Bonchev–Trinajstić information content (AvgIpc) is 2.73. The number of hydrogen-bond donors (Lipinski definition) is 2. The van der Waals surface area contributed by atoms with Gasteiger partial charge >= 0.3 is 6.03 Å². The van der Waals surface area contributed by atoms with Gasteiger partial charge in [0.25, 0.3) is 0 Å². The lowest BCUT2D eigenvalue weighted by molar-refractivity contribution is 0.242. The highest BCUT2D eigenvalue weighted by atomic mass is 16.5. The fraction of sp³-hybridized carbons (Fsp3) is 0.458. The van der Waals surface area contributed by atoms with Crippen molar-refractivity contribution in [1.29, 1.82) is 0 Å². The molecule has 0 bridgehead atoms. The Kier molecular flexibility index (Phi) is 7.57. The quantitative estimate of drug-likeness (QED) is 0.717. The average molecular weight is 411 g/mol. The van der Waals surface area contributed by atoms with Crippen LogP contribution in [0.4, 0.5) is 16.2 Å². The highest BCUT2D eigenvalue weighted by molar-refractivity contribution is 5.89. The summed E-state index contributed by atoms with van der Waals surface area (Å²) in [6.07, 6.45) is 0.149. The van der Waals surface area contributed by atoms with Gasteiger partial charge in [-0.1, -0.05) is 19.1 Å². The van der Waals surface area contributed by atoms with E-state index >= 15 is 0 Å². The second kappa shape index (κ2) is 10.3. The first-order valence-electron chi connectivity index (χ1n) is 10.8. The van der Waals surface area contributed by atoms with E-state index in [1.807, 2.05) is 50.2 Å². The van der Waals surface area contributed by atoms with Crippen molar-refractivity contribution in [1.82, 2.24) is 10.2 Å². The summed E-state index contributed by atoms with van der Waals surface area (Å²) in [4.78, 5) is 17.2. The van der Waals surface area contributed by atoms with E-state index in [4.69, 9.17) is 4.74 Å². The van der Waals surface area contributed by atoms with Crippen LogP contribution in [0, 0.1) is 6.92 Å². The van der Waals surface area contributed by atoms with E-state index in [-0.39, 0.29) is 12.1 Å². The van der Waals surface area contributed by atoms with Crippen molar-refractivity contribution < 1.29 is 9.53 Å². The van der Waals surface area contributed by atoms with Crippen LogP contribution in [0.15, 0.2) is 42.5 Å². The molecule has 30 heavy (non-hydrogen) atoms. The number of urea groups is 1. The third-order valence-electron chi connectivity index (χ3n) is 5.36. The molecule has 0 aromatic heterocycles. The lowest BCUT2D eigenvalue weighted by Gasteiger charge is -2.36. The Bertz CT molecular complexity index is 828. The number of amides is 2. The number of ether oxygens (including phenoxy) is 1. The molecule has 0 unspecified atom stereocenters. The van der Waals surface area contributed by atoms with Crippen molar-refractivity contribution in [2.75, 3.05) is 42.9 Å². The molecule has 6 nitrogen and oxygen atoms in total. The lowest BCUT2D eigenvalue weighted by atomic mass is 10.1. The Hall–Kier alpha value is -2.73. The van der Waals surface area contributed by atoms with Crippen LogP contribution in [0.1, 0.15) is 31.9 Å². The molecule has 2 amide bonds. The summed E-state index contributed by atoms with van der Waals surface area (Å²) in [5, 5.41) is 5.84. The van der Waals surface area contributed by atoms with Gasteiger partial charge in [0.15, 0.2) is 0 Å². The number of aryl methyl sites for hydroxylation is 1. The van der Waals surface area contributed by atoms with Gasteiger partial charge in [0.2, 0.25) is 0 Å². The molecule has 0 aliphatic carbocycles. The number of nitrogens with zero attached hydrogens (tertiary/aromatic N) is 2. The maximum Gasteiger partial charge on any atom is 0.319 e. The van der Waals surface area contributed by atoms with Crippen LogP contribution in [0.25, 0.3) is 0 Å². The Morgan fingerprint density at radius 1 is 1.07 bits per heavy atom. The number of benzene rings is 2. The van der Waals surface area contributed by atoms with E-state index in [0.29, 0.717) is 6.54 Å². The molecular weight excluding hydrogens is 376 g/mol. The van der Waals surface area contributed by atoms with Crippen LogP contribution in [0.2, 0.25) is 0 Å². The van der Waals surface area contributed by atoms with Gasteiger partial charge in [0.1, 0.15) is 5.75 Å². The van der Waals surface area contributed by atoms with Gasteiger partial charge in [-0.25, -0.2) is 4.79 Å². The van der Waals surface area contributed by atoms with E-state index in [9.17, 15) is 4.79 Å². The number of hydrogen-bond acceptors (Lipinski definition) is 4. The van der Waals surface area contributed by atoms with Gasteiger partial charge in [-0.05, 0) is 68.8 Å². The molecule has 1 saturated heterocycles. The first-order valence-corrected chi connectivity index (χ1v) is 10.8. The number of rotatable bonds is 7. The van der Waals surface area contributed by atoms with Crippen molar-refractivity contribution in [2.45, 2.75) is 40.3 Å². The SMILES string of the molecule is CCN1CCN(c2ccc(NC(=O)NCc3ccc(OC(C)C)cc3)cc2C)CC1. The molecule has 2 aromatic rings. The minimum Gasteiger partial charge on any atom is -0.491 e. The molecular formula is C24H34N4O2. The van der Waals surface area contributed by atoms with E-state index in [0.717, 1.165) is 49.7 Å². The van der Waals surface area contributed by atoms with E-state index < -0.39 is 0 Å². The lowest BCUT2D eigenvalue weighted by Crippen LogP contribution is -2.46. The topological polar surface area (TPSA) is 56.8 Å². The van der Waals surface area contributed by atoms with Crippen LogP contribution in [-0.4, -0.2) is 49.8 Å². The Labute approximate surface area is 180 Å². The molecule has 1 fully saturated rings. The van der Waals surface area contributed by atoms with Gasteiger partial charge in [0.05, 0.1) is 6.10 Å². The van der Waals surface area contributed by atoms with Crippen molar-refractivity contribution >= 4 is 17.4 Å². The van der Waals surface area contributed by atoms with Gasteiger partial charge in [0, 0.05) is 44.1 Å². The van der Waals surface area contributed by atoms with Crippen molar-refractivity contribution in [2.24, 2.45) is 0 Å².